The minimum Gasteiger partial charge on any atom is -0.495 e. The molecule has 0 saturated heterocycles. The van der Waals surface area contributed by atoms with Crippen molar-refractivity contribution in [2.75, 3.05) is 7.11 Å². The fraction of sp³-hybridized carbons (Fsp3) is 0.263. The Morgan fingerprint density at radius 2 is 1.79 bits per heavy atom. The molecule has 0 atom stereocenters. The summed E-state index contributed by atoms with van der Waals surface area (Å²) in [6.45, 7) is 6.07. The first kappa shape index (κ1) is 16.5. The number of hydrogen-bond acceptors (Lipinski definition) is 3. The standard InChI is InChI=1S/C19H19ClN2O2/c1-19(2,3)18-21-13-9-7-8-12(20)16(13)17(23)22(18)14-10-5-6-11-15(14)24-4/h5-11H,1-4H3. The molecule has 4 nitrogen and oxygen atoms in total. The average molecular weight is 343 g/mol. The van der Waals surface area contributed by atoms with E-state index in [0.29, 0.717) is 33.2 Å². The van der Waals surface area contributed by atoms with Crippen LogP contribution < -0.4 is 10.3 Å². The van der Waals surface area contributed by atoms with Gasteiger partial charge in [0.2, 0.25) is 0 Å². The molecule has 0 N–H and O–H groups in total. The zero-order valence-electron chi connectivity index (χ0n) is 14.1. The fourth-order valence-electron chi connectivity index (χ4n) is 2.73. The maximum absolute atomic E-state index is 13.3. The van der Waals surface area contributed by atoms with Crippen molar-refractivity contribution >= 4 is 22.5 Å². The third kappa shape index (κ3) is 2.67. The summed E-state index contributed by atoms with van der Waals surface area (Å²) in [6.07, 6.45) is 0. The van der Waals surface area contributed by atoms with E-state index in [1.807, 2.05) is 51.1 Å². The van der Waals surface area contributed by atoms with Crippen LogP contribution in [0.2, 0.25) is 5.02 Å². The van der Waals surface area contributed by atoms with Gasteiger partial charge in [0.05, 0.1) is 28.7 Å². The maximum atomic E-state index is 13.3. The SMILES string of the molecule is COc1ccccc1-n1c(C(C)(C)C)nc2cccc(Cl)c2c1=O. The molecule has 0 aliphatic rings. The first-order valence-corrected chi connectivity index (χ1v) is 8.07. The Hall–Kier alpha value is -2.33. The van der Waals surface area contributed by atoms with Crippen LogP contribution in [0.25, 0.3) is 16.6 Å². The summed E-state index contributed by atoms with van der Waals surface area (Å²) >= 11 is 6.28. The van der Waals surface area contributed by atoms with Crippen molar-refractivity contribution in [2.45, 2.75) is 26.2 Å². The van der Waals surface area contributed by atoms with E-state index in [2.05, 4.69) is 0 Å². The molecule has 1 aromatic heterocycles. The number of halogens is 1. The molecule has 5 heteroatoms. The number of ether oxygens (including phenoxy) is 1. The normalized spacial score (nSPS) is 11.7. The maximum Gasteiger partial charge on any atom is 0.267 e. The van der Waals surface area contributed by atoms with Gasteiger partial charge in [-0.2, -0.15) is 0 Å². The minimum atomic E-state index is -0.337. The molecule has 2 aromatic carbocycles. The van der Waals surface area contributed by atoms with Crippen molar-refractivity contribution in [1.82, 2.24) is 9.55 Å². The van der Waals surface area contributed by atoms with Gasteiger partial charge in [-0.25, -0.2) is 4.98 Å². The van der Waals surface area contributed by atoms with E-state index in [4.69, 9.17) is 21.3 Å². The minimum absolute atomic E-state index is 0.194. The number of hydrogen-bond donors (Lipinski definition) is 0. The summed E-state index contributed by atoms with van der Waals surface area (Å²) in [5.41, 5.74) is 0.726. The monoisotopic (exact) mass is 342 g/mol. The summed E-state index contributed by atoms with van der Waals surface area (Å²) < 4.78 is 7.05. The number of fused-ring (bicyclic) bond motifs is 1. The number of nitrogens with zero attached hydrogens (tertiary/aromatic N) is 2. The van der Waals surface area contributed by atoms with Gasteiger partial charge in [0, 0.05) is 5.41 Å². The average Bonchev–Trinajstić information content (AvgIpc) is 2.53. The van der Waals surface area contributed by atoms with Gasteiger partial charge < -0.3 is 4.74 Å². The van der Waals surface area contributed by atoms with Crippen molar-refractivity contribution < 1.29 is 4.74 Å². The van der Waals surface area contributed by atoms with Crippen LogP contribution in [-0.4, -0.2) is 16.7 Å². The third-order valence-electron chi connectivity index (χ3n) is 3.84. The Balaban J connectivity index is 2.52. The predicted octanol–water partition coefficient (Wildman–Crippen LogP) is 4.35. The van der Waals surface area contributed by atoms with E-state index in [9.17, 15) is 4.79 Å². The highest BCUT2D eigenvalue weighted by molar-refractivity contribution is 6.35. The highest BCUT2D eigenvalue weighted by atomic mass is 35.5. The van der Waals surface area contributed by atoms with Crippen molar-refractivity contribution in [3.63, 3.8) is 0 Å². The third-order valence-corrected chi connectivity index (χ3v) is 4.16. The predicted molar refractivity (Wildman–Crippen MR) is 97.6 cm³/mol. The molecular weight excluding hydrogens is 324 g/mol. The summed E-state index contributed by atoms with van der Waals surface area (Å²) in [4.78, 5) is 18.0. The number of para-hydroxylation sites is 2. The van der Waals surface area contributed by atoms with Gasteiger partial charge >= 0.3 is 0 Å². The van der Waals surface area contributed by atoms with Crippen LogP contribution in [0.5, 0.6) is 5.75 Å². The number of methoxy groups -OCH3 is 1. The molecule has 0 bridgehead atoms. The van der Waals surface area contributed by atoms with E-state index < -0.39 is 0 Å². The lowest BCUT2D eigenvalue weighted by Gasteiger charge is -2.24. The topological polar surface area (TPSA) is 44.1 Å². The van der Waals surface area contributed by atoms with Crippen LogP contribution in [-0.2, 0) is 5.41 Å². The van der Waals surface area contributed by atoms with Crippen molar-refractivity contribution in [3.8, 4) is 11.4 Å². The van der Waals surface area contributed by atoms with Crippen LogP contribution in [0, 0.1) is 0 Å². The molecule has 0 radical (unpaired) electrons. The molecule has 0 fully saturated rings. The summed E-state index contributed by atoms with van der Waals surface area (Å²) in [6, 6.07) is 12.7. The molecule has 1 heterocycles. The van der Waals surface area contributed by atoms with E-state index in [1.165, 1.54) is 0 Å². The molecule has 3 aromatic rings. The van der Waals surface area contributed by atoms with Crippen LogP contribution in [0.4, 0.5) is 0 Å². The molecule has 124 valence electrons. The van der Waals surface area contributed by atoms with Gasteiger partial charge in [0.25, 0.3) is 5.56 Å². The molecular formula is C19H19ClN2O2. The number of benzene rings is 2. The quantitative estimate of drug-likeness (QED) is 0.695. The largest absolute Gasteiger partial charge is 0.495 e. The van der Waals surface area contributed by atoms with Crippen LogP contribution in [0.15, 0.2) is 47.3 Å². The fourth-order valence-corrected chi connectivity index (χ4v) is 2.98. The lowest BCUT2D eigenvalue weighted by molar-refractivity contribution is 0.410. The highest BCUT2D eigenvalue weighted by Crippen LogP contribution is 2.29. The Morgan fingerprint density at radius 3 is 2.46 bits per heavy atom. The van der Waals surface area contributed by atoms with Crippen molar-refractivity contribution in [3.05, 3.63) is 63.7 Å². The number of rotatable bonds is 2. The zero-order chi connectivity index (χ0) is 17.5. The molecule has 0 saturated carbocycles. The molecule has 0 amide bonds. The van der Waals surface area contributed by atoms with E-state index >= 15 is 0 Å². The van der Waals surface area contributed by atoms with Gasteiger partial charge in [-0.1, -0.05) is 50.6 Å². The van der Waals surface area contributed by atoms with Crippen LogP contribution in [0.3, 0.4) is 0 Å². The van der Waals surface area contributed by atoms with E-state index in [0.717, 1.165) is 0 Å². The summed E-state index contributed by atoms with van der Waals surface area (Å²) in [5.74, 6) is 1.27. The highest BCUT2D eigenvalue weighted by Gasteiger charge is 2.25. The Morgan fingerprint density at radius 1 is 1.08 bits per heavy atom. The van der Waals surface area contributed by atoms with Crippen molar-refractivity contribution in [1.29, 1.82) is 0 Å². The van der Waals surface area contributed by atoms with Gasteiger partial charge in [0.1, 0.15) is 11.6 Å². The van der Waals surface area contributed by atoms with Crippen molar-refractivity contribution in [2.24, 2.45) is 0 Å². The van der Waals surface area contributed by atoms with Crippen LogP contribution >= 0.6 is 11.6 Å². The Kier molecular flexibility index (Phi) is 4.10. The molecule has 0 aliphatic heterocycles. The van der Waals surface area contributed by atoms with Gasteiger partial charge in [-0.05, 0) is 24.3 Å². The lowest BCUT2D eigenvalue weighted by atomic mass is 9.94. The lowest BCUT2D eigenvalue weighted by Crippen LogP contribution is -2.31. The van der Waals surface area contributed by atoms with Gasteiger partial charge in [-0.3, -0.25) is 9.36 Å². The van der Waals surface area contributed by atoms with E-state index in [-0.39, 0.29) is 11.0 Å². The molecule has 3 rings (SSSR count). The molecule has 0 spiro atoms. The first-order chi connectivity index (χ1) is 11.3. The molecule has 0 aliphatic carbocycles. The Bertz CT molecular complexity index is 971. The van der Waals surface area contributed by atoms with Gasteiger partial charge in [0.15, 0.2) is 0 Å². The second-order valence-electron chi connectivity index (χ2n) is 6.63. The smallest absolute Gasteiger partial charge is 0.267 e. The number of aromatic nitrogens is 2. The van der Waals surface area contributed by atoms with Crippen LogP contribution in [0.1, 0.15) is 26.6 Å². The zero-order valence-corrected chi connectivity index (χ0v) is 14.9. The van der Waals surface area contributed by atoms with E-state index in [1.54, 1.807) is 23.8 Å². The second-order valence-corrected chi connectivity index (χ2v) is 7.04. The molecule has 0 unspecified atom stereocenters. The Labute approximate surface area is 145 Å². The summed E-state index contributed by atoms with van der Waals surface area (Å²) in [7, 11) is 1.59. The molecule has 24 heavy (non-hydrogen) atoms. The second kappa shape index (κ2) is 5.95. The summed E-state index contributed by atoms with van der Waals surface area (Å²) in [5, 5.41) is 0.812. The first-order valence-electron chi connectivity index (χ1n) is 7.69. The van der Waals surface area contributed by atoms with Gasteiger partial charge in [-0.15, -0.1) is 0 Å².